The number of nitrogens with two attached hydrogens (primary N) is 1. The summed E-state index contributed by atoms with van der Waals surface area (Å²) in [6.07, 6.45) is 0.184. The van der Waals surface area contributed by atoms with Crippen molar-refractivity contribution in [3.63, 3.8) is 0 Å². The highest BCUT2D eigenvalue weighted by molar-refractivity contribution is 6.03. The molecule has 1 atom stereocenters. The lowest BCUT2D eigenvalue weighted by atomic mass is 9.78. The average Bonchev–Trinajstić information content (AvgIpc) is 2.96. The smallest absolute Gasteiger partial charge is 0.340 e. The number of benzene rings is 1. The van der Waals surface area contributed by atoms with E-state index in [1.807, 2.05) is 0 Å². The zero-order valence-electron chi connectivity index (χ0n) is 13.5. The van der Waals surface area contributed by atoms with Crippen molar-refractivity contribution < 1.29 is 24.0 Å². The Morgan fingerprint density at radius 3 is 2.92 bits per heavy atom. The molecule has 0 saturated heterocycles. The topological polar surface area (TPSA) is 122 Å². The van der Waals surface area contributed by atoms with E-state index in [1.165, 1.54) is 12.1 Å². The molecule has 1 aromatic carbocycles. The number of nitro groups is 1. The van der Waals surface area contributed by atoms with Gasteiger partial charge in [-0.15, -0.1) is 0 Å². The van der Waals surface area contributed by atoms with Crippen molar-refractivity contribution in [2.75, 3.05) is 13.2 Å². The minimum Gasteiger partial charge on any atom is -0.462 e. The third kappa shape index (κ3) is 2.86. The number of non-ortho nitro benzene ring substituents is 1. The quantitative estimate of drug-likeness (QED) is 0.501. The van der Waals surface area contributed by atoms with E-state index >= 15 is 0 Å². The van der Waals surface area contributed by atoms with Gasteiger partial charge in [0, 0.05) is 29.3 Å². The number of carbonyl (C=O) groups is 2. The second-order valence-corrected chi connectivity index (χ2v) is 5.70. The van der Waals surface area contributed by atoms with Crippen LogP contribution in [0.5, 0.6) is 0 Å². The van der Waals surface area contributed by atoms with Gasteiger partial charge in [0.15, 0.2) is 0 Å². The van der Waals surface area contributed by atoms with Crippen molar-refractivity contribution in [3.8, 4) is 0 Å². The molecule has 1 heterocycles. The van der Waals surface area contributed by atoms with Gasteiger partial charge >= 0.3 is 11.9 Å². The van der Waals surface area contributed by atoms with Crippen LogP contribution in [0.25, 0.3) is 0 Å². The molecule has 1 aliphatic carbocycles. The molecule has 0 fully saturated rings. The first-order valence-corrected chi connectivity index (χ1v) is 7.74. The van der Waals surface area contributed by atoms with Gasteiger partial charge in [-0.05, 0) is 18.9 Å². The first-order chi connectivity index (χ1) is 11.9. The predicted molar refractivity (Wildman–Crippen MR) is 86.3 cm³/mol. The van der Waals surface area contributed by atoms with Crippen molar-refractivity contribution in [2.45, 2.75) is 19.3 Å². The third-order valence-corrected chi connectivity index (χ3v) is 4.25. The number of cyclic esters (lactones) is 1. The summed E-state index contributed by atoms with van der Waals surface area (Å²) in [6, 6.07) is 6.02. The van der Waals surface area contributed by atoms with E-state index in [9.17, 15) is 19.7 Å². The molecule has 1 aromatic rings. The summed E-state index contributed by atoms with van der Waals surface area (Å²) in [5.41, 5.74) is 7.76. The minimum atomic E-state index is -0.594. The van der Waals surface area contributed by atoms with Crippen LogP contribution >= 0.6 is 0 Å². The number of nitrogens with zero attached hydrogens (tertiary/aromatic N) is 1. The van der Waals surface area contributed by atoms with Gasteiger partial charge in [0.05, 0.1) is 22.7 Å². The third-order valence-electron chi connectivity index (χ3n) is 4.25. The van der Waals surface area contributed by atoms with Crippen molar-refractivity contribution in [3.05, 3.63) is 62.4 Å². The second-order valence-electron chi connectivity index (χ2n) is 5.70. The lowest BCUT2D eigenvalue weighted by Gasteiger charge is -2.25. The van der Waals surface area contributed by atoms with Gasteiger partial charge < -0.3 is 15.2 Å². The predicted octanol–water partition coefficient (Wildman–Crippen LogP) is 1.71. The van der Waals surface area contributed by atoms with Crippen molar-refractivity contribution in [1.82, 2.24) is 0 Å². The number of hydrogen-bond acceptors (Lipinski definition) is 7. The van der Waals surface area contributed by atoms with E-state index in [-0.39, 0.29) is 36.6 Å². The van der Waals surface area contributed by atoms with Crippen LogP contribution in [0.1, 0.15) is 24.8 Å². The van der Waals surface area contributed by atoms with Crippen LogP contribution in [0.15, 0.2) is 46.7 Å². The van der Waals surface area contributed by atoms with Crippen molar-refractivity contribution in [1.29, 1.82) is 0 Å². The fraction of sp³-hybridized carbons (Fsp3) is 0.294. The molecule has 2 aliphatic rings. The number of hydrogen-bond donors (Lipinski definition) is 1. The van der Waals surface area contributed by atoms with E-state index in [0.717, 1.165) is 0 Å². The summed E-state index contributed by atoms with van der Waals surface area (Å²) in [7, 11) is 0. The van der Waals surface area contributed by atoms with E-state index in [0.29, 0.717) is 16.7 Å². The van der Waals surface area contributed by atoms with Gasteiger partial charge in [-0.3, -0.25) is 10.1 Å². The van der Waals surface area contributed by atoms with Crippen LogP contribution in [-0.4, -0.2) is 30.1 Å². The highest BCUT2D eigenvalue weighted by atomic mass is 16.6. The largest absolute Gasteiger partial charge is 0.462 e. The van der Waals surface area contributed by atoms with Crippen LogP contribution in [0.3, 0.4) is 0 Å². The molecule has 25 heavy (non-hydrogen) atoms. The standard InChI is InChI=1S/C17H16N2O6/c1-2-24-17(21)15-12-8-25-16(20)14(12)11(7-13(15)18)9-4-3-5-10(6-9)19(22)23/h3-6,11H,2,7-8,18H2,1H3. The molecule has 2 N–H and O–H groups in total. The highest BCUT2D eigenvalue weighted by Gasteiger charge is 2.41. The number of esters is 2. The first kappa shape index (κ1) is 16.7. The van der Waals surface area contributed by atoms with Gasteiger partial charge in [-0.25, -0.2) is 9.59 Å². The van der Waals surface area contributed by atoms with Crippen molar-refractivity contribution >= 4 is 17.6 Å². The van der Waals surface area contributed by atoms with Crippen LogP contribution in [0.2, 0.25) is 0 Å². The molecule has 0 radical (unpaired) electrons. The van der Waals surface area contributed by atoms with E-state index in [1.54, 1.807) is 19.1 Å². The zero-order chi connectivity index (χ0) is 18.1. The molecule has 1 unspecified atom stereocenters. The van der Waals surface area contributed by atoms with Gasteiger partial charge in [0.25, 0.3) is 5.69 Å². The van der Waals surface area contributed by atoms with Crippen LogP contribution in [-0.2, 0) is 19.1 Å². The Bertz CT molecular complexity index is 839. The maximum absolute atomic E-state index is 12.2. The summed E-state index contributed by atoms with van der Waals surface area (Å²) in [4.78, 5) is 34.9. The van der Waals surface area contributed by atoms with Crippen LogP contribution in [0.4, 0.5) is 5.69 Å². The van der Waals surface area contributed by atoms with Gasteiger partial charge in [0.2, 0.25) is 0 Å². The normalized spacial score (nSPS) is 19.6. The summed E-state index contributed by atoms with van der Waals surface area (Å²) in [5.74, 6) is -1.63. The molecule has 8 heteroatoms. The maximum Gasteiger partial charge on any atom is 0.340 e. The molecule has 0 aromatic heterocycles. The molecule has 0 spiro atoms. The fourth-order valence-electron chi connectivity index (χ4n) is 3.19. The molecule has 0 bridgehead atoms. The van der Waals surface area contributed by atoms with Crippen LogP contribution < -0.4 is 5.73 Å². The van der Waals surface area contributed by atoms with E-state index < -0.39 is 22.8 Å². The van der Waals surface area contributed by atoms with Crippen LogP contribution in [0, 0.1) is 10.1 Å². The Balaban J connectivity index is 2.08. The van der Waals surface area contributed by atoms with Gasteiger partial charge in [0.1, 0.15) is 6.61 Å². The number of nitro benzene ring substituents is 1. The molecule has 130 valence electrons. The van der Waals surface area contributed by atoms with Gasteiger partial charge in [-0.1, -0.05) is 12.1 Å². The lowest BCUT2D eigenvalue weighted by molar-refractivity contribution is -0.384. The van der Waals surface area contributed by atoms with Crippen molar-refractivity contribution in [2.24, 2.45) is 5.73 Å². The Hall–Kier alpha value is -3.16. The summed E-state index contributed by atoms with van der Waals surface area (Å²) >= 11 is 0. The minimum absolute atomic E-state index is 0.0611. The Morgan fingerprint density at radius 2 is 2.24 bits per heavy atom. The zero-order valence-corrected chi connectivity index (χ0v) is 13.5. The fourth-order valence-corrected chi connectivity index (χ4v) is 3.19. The summed E-state index contributed by atoms with van der Waals surface area (Å²) in [5, 5.41) is 11.0. The molecule has 0 saturated carbocycles. The number of carbonyl (C=O) groups excluding carboxylic acids is 2. The molecular formula is C17H16N2O6. The monoisotopic (exact) mass is 344 g/mol. The lowest BCUT2D eigenvalue weighted by Crippen LogP contribution is -2.24. The Labute approximate surface area is 143 Å². The Kier molecular flexibility index (Phi) is 4.26. The van der Waals surface area contributed by atoms with E-state index in [2.05, 4.69) is 0 Å². The molecular weight excluding hydrogens is 328 g/mol. The Morgan fingerprint density at radius 1 is 1.48 bits per heavy atom. The molecule has 0 amide bonds. The highest BCUT2D eigenvalue weighted by Crippen LogP contribution is 2.43. The number of allylic oxidation sites excluding steroid dienone is 1. The number of rotatable bonds is 4. The summed E-state index contributed by atoms with van der Waals surface area (Å²) < 4.78 is 10.1. The molecule has 8 nitrogen and oxygen atoms in total. The van der Waals surface area contributed by atoms with E-state index in [4.69, 9.17) is 15.2 Å². The maximum atomic E-state index is 12.2. The molecule has 1 aliphatic heterocycles. The average molecular weight is 344 g/mol. The first-order valence-electron chi connectivity index (χ1n) is 7.74. The molecule has 3 rings (SSSR count). The van der Waals surface area contributed by atoms with Gasteiger partial charge in [-0.2, -0.15) is 0 Å². The summed E-state index contributed by atoms with van der Waals surface area (Å²) in [6.45, 7) is 1.80. The number of ether oxygens (including phenoxy) is 2. The second kappa shape index (κ2) is 6.39. The SMILES string of the molecule is CCOC(=O)C1=C(N)CC(c2cccc([N+](=O)[O-])c2)C2=C1COC2=O.